The Morgan fingerprint density at radius 2 is 2.08 bits per heavy atom. The van der Waals surface area contributed by atoms with Gasteiger partial charge in [-0.15, -0.1) is 0 Å². The molecule has 1 aliphatic carbocycles. The van der Waals surface area contributed by atoms with Crippen molar-refractivity contribution in [2.24, 2.45) is 27.4 Å². The van der Waals surface area contributed by atoms with Gasteiger partial charge in [0.05, 0.1) is 31.4 Å². The fraction of sp³-hybridized carbons (Fsp3) is 0.464. The van der Waals surface area contributed by atoms with E-state index in [4.69, 9.17) is 32.5 Å². The van der Waals surface area contributed by atoms with E-state index in [0.29, 0.717) is 67.8 Å². The highest BCUT2D eigenvalue weighted by atomic mass is 35.5. The number of aldehydes is 1. The summed E-state index contributed by atoms with van der Waals surface area (Å²) < 4.78 is 53.9. The van der Waals surface area contributed by atoms with Crippen molar-refractivity contribution >= 4 is 35.3 Å². The predicted molar refractivity (Wildman–Crippen MR) is 147 cm³/mol. The summed E-state index contributed by atoms with van der Waals surface area (Å²) in [5.74, 6) is -0.423. The van der Waals surface area contributed by atoms with Crippen LogP contribution in [0.15, 0.2) is 58.1 Å². The van der Waals surface area contributed by atoms with Crippen LogP contribution in [0.1, 0.15) is 49.3 Å². The number of aliphatic hydroxyl groups excluding tert-OH is 1. The minimum absolute atomic E-state index is 0.0901. The SMILES string of the molecule is NC1=NC(C2=CCC(C[C@](N)(C=O)CO)CC2)C=CC(O[C@H](c2ccc(Cl)cc2C2=CCOCC2)C(F)(F)F)=N1. The van der Waals surface area contributed by atoms with Crippen molar-refractivity contribution < 1.29 is 32.5 Å². The molecular weight excluding hydrogens is 549 g/mol. The largest absolute Gasteiger partial charge is 0.460 e. The van der Waals surface area contributed by atoms with E-state index in [1.165, 1.54) is 24.3 Å². The quantitative estimate of drug-likeness (QED) is 0.308. The average Bonchev–Trinajstić information content (AvgIpc) is 3.13. The molecule has 2 aliphatic heterocycles. The van der Waals surface area contributed by atoms with Crippen LogP contribution in [0.4, 0.5) is 13.2 Å². The highest BCUT2D eigenvalue weighted by Gasteiger charge is 2.45. The Bertz CT molecular complexity index is 1260. The second-order valence-corrected chi connectivity index (χ2v) is 10.6. The first kappa shape index (κ1) is 30.0. The second kappa shape index (κ2) is 12.7. The number of aliphatic imine (C=N–C) groups is 2. The average molecular weight is 581 g/mol. The standard InChI is InChI=1S/C28H32ClF3N4O4/c29-20-5-6-21(22(13-20)18-9-11-39-12-10-18)25(28(30,31)32)40-24-8-7-23(35-26(33)36-24)19-3-1-17(2-4-19)14-27(34,15-37)16-38/h3,5-9,13,15,17,23,25,38H,1-2,4,10-12,14,16,34H2,(H2,33,35)/t17?,23?,25-,27+/m1/s1. The summed E-state index contributed by atoms with van der Waals surface area (Å²) in [5, 5.41) is 9.72. The molecule has 40 heavy (non-hydrogen) atoms. The number of carbonyl (C=O) groups is 1. The Labute approximate surface area is 235 Å². The molecule has 216 valence electrons. The van der Waals surface area contributed by atoms with Gasteiger partial charge >= 0.3 is 6.18 Å². The number of nitrogens with zero attached hydrogens (tertiary/aromatic N) is 2. The van der Waals surface area contributed by atoms with Crippen LogP contribution in [-0.2, 0) is 14.3 Å². The molecule has 0 saturated heterocycles. The number of hydrogen-bond donors (Lipinski definition) is 3. The summed E-state index contributed by atoms with van der Waals surface area (Å²) >= 11 is 6.15. The second-order valence-electron chi connectivity index (χ2n) is 10.2. The fourth-order valence-corrected chi connectivity index (χ4v) is 5.27. The maximum Gasteiger partial charge on any atom is 0.429 e. The Hall–Kier alpha value is -2.99. The third-order valence-electron chi connectivity index (χ3n) is 7.19. The first-order valence-electron chi connectivity index (χ1n) is 13.0. The Morgan fingerprint density at radius 1 is 1.27 bits per heavy atom. The van der Waals surface area contributed by atoms with Gasteiger partial charge in [0.15, 0.2) is 0 Å². The van der Waals surface area contributed by atoms with Crippen molar-refractivity contribution in [2.75, 3.05) is 19.8 Å². The molecule has 0 amide bonds. The molecule has 2 heterocycles. The zero-order valence-electron chi connectivity index (χ0n) is 21.7. The zero-order chi connectivity index (χ0) is 28.9. The van der Waals surface area contributed by atoms with Crippen LogP contribution in [0.25, 0.3) is 5.57 Å². The Kier molecular flexibility index (Phi) is 9.50. The van der Waals surface area contributed by atoms with Crippen LogP contribution in [0.5, 0.6) is 0 Å². The summed E-state index contributed by atoms with van der Waals surface area (Å²) in [5.41, 5.74) is 12.5. The van der Waals surface area contributed by atoms with Crippen molar-refractivity contribution in [3.05, 3.63) is 64.2 Å². The number of ether oxygens (including phenoxy) is 2. The monoisotopic (exact) mass is 580 g/mol. The maximum absolute atomic E-state index is 14.4. The molecule has 4 atom stereocenters. The number of guanidine groups is 1. The molecule has 8 nitrogen and oxygen atoms in total. The molecule has 0 fully saturated rings. The van der Waals surface area contributed by atoms with Crippen LogP contribution in [0.3, 0.4) is 0 Å². The van der Waals surface area contributed by atoms with Gasteiger partial charge in [-0.25, -0.2) is 4.99 Å². The highest BCUT2D eigenvalue weighted by molar-refractivity contribution is 6.30. The number of benzene rings is 1. The fourth-order valence-electron chi connectivity index (χ4n) is 5.09. The van der Waals surface area contributed by atoms with Gasteiger partial charge in [0.25, 0.3) is 0 Å². The summed E-state index contributed by atoms with van der Waals surface area (Å²) in [6, 6.07) is 3.68. The summed E-state index contributed by atoms with van der Waals surface area (Å²) in [4.78, 5) is 19.6. The van der Waals surface area contributed by atoms with Crippen molar-refractivity contribution in [2.45, 2.75) is 56.0 Å². The van der Waals surface area contributed by atoms with Crippen molar-refractivity contribution in [3.63, 3.8) is 0 Å². The molecule has 0 bridgehead atoms. The van der Waals surface area contributed by atoms with Gasteiger partial charge in [0.2, 0.25) is 18.0 Å². The smallest absolute Gasteiger partial charge is 0.429 e. The molecule has 12 heteroatoms. The van der Waals surface area contributed by atoms with Crippen molar-refractivity contribution in [1.29, 1.82) is 0 Å². The van der Waals surface area contributed by atoms with Gasteiger partial charge in [0, 0.05) is 10.6 Å². The number of rotatable bonds is 8. The first-order chi connectivity index (χ1) is 19.0. The summed E-state index contributed by atoms with van der Waals surface area (Å²) in [6.07, 6.45) is 2.87. The minimum atomic E-state index is -4.77. The zero-order valence-corrected chi connectivity index (χ0v) is 22.5. The van der Waals surface area contributed by atoms with Gasteiger partial charge in [-0.1, -0.05) is 35.9 Å². The maximum atomic E-state index is 14.4. The van der Waals surface area contributed by atoms with E-state index in [-0.39, 0.29) is 23.3 Å². The van der Waals surface area contributed by atoms with E-state index in [1.54, 1.807) is 12.2 Å². The summed E-state index contributed by atoms with van der Waals surface area (Å²) in [7, 11) is 0. The topological polar surface area (TPSA) is 133 Å². The number of aliphatic hydroxyl groups is 1. The van der Waals surface area contributed by atoms with E-state index in [0.717, 1.165) is 5.57 Å². The van der Waals surface area contributed by atoms with E-state index >= 15 is 0 Å². The molecule has 0 spiro atoms. The first-order valence-corrected chi connectivity index (χ1v) is 13.3. The van der Waals surface area contributed by atoms with E-state index in [2.05, 4.69) is 9.98 Å². The number of alkyl halides is 3. The Balaban J connectivity index is 1.54. The molecule has 0 radical (unpaired) electrons. The van der Waals surface area contributed by atoms with Crippen LogP contribution in [0.2, 0.25) is 5.02 Å². The van der Waals surface area contributed by atoms with Gasteiger partial charge in [-0.05, 0) is 72.9 Å². The Morgan fingerprint density at radius 3 is 2.70 bits per heavy atom. The van der Waals surface area contributed by atoms with E-state index < -0.39 is 30.5 Å². The number of nitrogens with two attached hydrogens (primary N) is 2. The predicted octanol–water partition coefficient (Wildman–Crippen LogP) is 4.42. The lowest BCUT2D eigenvalue weighted by atomic mass is 9.79. The molecule has 4 rings (SSSR count). The molecule has 5 N–H and O–H groups in total. The normalized spacial score (nSPS) is 24.1. The lowest BCUT2D eigenvalue weighted by Gasteiger charge is -2.29. The molecule has 3 aliphatic rings. The van der Waals surface area contributed by atoms with Crippen LogP contribution >= 0.6 is 11.6 Å². The number of hydrogen-bond acceptors (Lipinski definition) is 8. The lowest BCUT2D eigenvalue weighted by molar-refractivity contribution is -0.201. The highest BCUT2D eigenvalue weighted by Crippen LogP contribution is 2.41. The number of carbonyl (C=O) groups excluding carboxylic acids is 1. The summed E-state index contributed by atoms with van der Waals surface area (Å²) in [6.45, 7) is 0.255. The third kappa shape index (κ3) is 7.39. The molecule has 0 saturated carbocycles. The minimum Gasteiger partial charge on any atom is -0.460 e. The molecule has 1 aromatic carbocycles. The van der Waals surface area contributed by atoms with Gasteiger partial charge in [0.1, 0.15) is 6.29 Å². The van der Waals surface area contributed by atoms with Gasteiger partial charge in [-0.2, -0.15) is 18.2 Å². The molecule has 2 unspecified atom stereocenters. The molecular formula is C28H32ClF3N4O4. The van der Waals surface area contributed by atoms with Gasteiger partial charge < -0.3 is 30.8 Å². The number of halogens is 4. The van der Waals surface area contributed by atoms with E-state index in [9.17, 15) is 23.1 Å². The van der Waals surface area contributed by atoms with Crippen LogP contribution in [-0.4, -0.2) is 60.8 Å². The van der Waals surface area contributed by atoms with Crippen LogP contribution < -0.4 is 11.5 Å². The third-order valence-corrected chi connectivity index (χ3v) is 7.43. The van der Waals surface area contributed by atoms with Crippen molar-refractivity contribution in [3.8, 4) is 0 Å². The van der Waals surface area contributed by atoms with E-state index in [1.807, 2.05) is 6.08 Å². The molecule has 0 aromatic heterocycles. The van der Waals surface area contributed by atoms with Crippen molar-refractivity contribution in [1.82, 2.24) is 0 Å². The molecule has 1 aromatic rings. The van der Waals surface area contributed by atoms with Gasteiger partial charge in [-0.3, -0.25) is 0 Å². The van der Waals surface area contributed by atoms with Crippen LogP contribution in [0, 0.1) is 5.92 Å². The number of allylic oxidation sites excluding steroid dienone is 1. The lowest BCUT2D eigenvalue weighted by Crippen LogP contribution is -2.47.